The van der Waals surface area contributed by atoms with Crippen LogP contribution in [0.3, 0.4) is 0 Å². The van der Waals surface area contributed by atoms with Gasteiger partial charge in [0.15, 0.2) is 11.5 Å². The number of rotatable bonds is 5. The van der Waals surface area contributed by atoms with Crippen molar-refractivity contribution in [2.24, 2.45) is 5.92 Å². The van der Waals surface area contributed by atoms with E-state index in [9.17, 15) is 9.59 Å². The Labute approximate surface area is 187 Å². The molecular weight excluding hydrogens is 408 g/mol. The van der Waals surface area contributed by atoms with Crippen LogP contribution in [0.25, 0.3) is 0 Å². The Morgan fingerprint density at radius 2 is 1.78 bits per heavy atom. The summed E-state index contributed by atoms with van der Waals surface area (Å²) >= 11 is 0. The van der Waals surface area contributed by atoms with Crippen molar-refractivity contribution in [1.82, 2.24) is 14.7 Å². The first-order chi connectivity index (χ1) is 15.7. The van der Waals surface area contributed by atoms with Gasteiger partial charge in [0.1, 0.15) is 5.82 Å². The van der Waals surface area contributed by atoms with Crippen LogP contribution in [-0.2, 0) is 4.79 Å². The van der Waals surface area contributed by atoms with E-state index in [0.29, 0.717) is 41.1 Å². The summed E-state index contributed by atoms with van der Waals surface area (Å²) in [5, 5.41) is 7.43. The molecule has 0 radical (unpaired) electrons. The van der Waals surface area contributed by atoms with Gasteiger partial charge in [-0.05, 0) is 49.8 Å². The van der Waals surface area contributed by atoms with Crippen molar-refractivity contribution in [3.8, 4) is 11.5 Å². The summed E-state index contributed by atoms with van der Waals surface area (Å²) < 4.78 is 12.6. The van der Waals surface area contributed by atoms with Crippen LogP contribution < -0.4 is 14.8 Å². The molecule has 1 aromatic carbocycles. The second kappa shape index (κ2) is 9.22. The summed E-state index contributed by atoms with van der Waals surface area (Å²) in [5.74, 6) is 2.54. The lowest BCUT2D eigenvalue weighted by Crippen LogP contribution is -2.40. The predicted octanol–water partition coefficient (Wildman–Crippen LogP) is 4.00. The topological polar surface area (TPSA) is 85.7 Å². The number of likely N-dealkylation sites (tertiary alicyclic amines) is 1. The number of nitrogens with zero attached hydrogens (tertiary/aromatic N) is 3. The van der Waals surface area contributed by atoms with Gasteiger partial charge in [-0.15, -0.1) is 0 Å². The highest BCUT2D eigenvalue weighted by Gasteiger charge is 2.28. The van der Waals surface area contributed by atoms with E-state index in [0.717, 1.165) is 25.9 Å². The molecule has 8 heteroatoms. The van der Waals surface area contributed by atoms with Gasteiger partial charge in [-0.25, -0.2) is 4.68 Å². The van der Waals surface area contributed by atoms with Crippen LogP contribution in [0.1, 0.15) is 67.8 Å². The Bertz CT molecular complexity index is 974. The van der Waals surface area contributed by atoms with Crippen molar-refractivity contribution in [3.05, 3.63) is 36.0 Å². The molecule has 3 aliphatic rings. The molecule has 2 fully saturated rings. The fourth-order valence-electron chi connectivity index (χ4n) is 5.06. The minimum Gasteiger partial charge on any atom is -0.454 e. The Morgan fingerprint density at radius 3 is 2.59 bits per heavy atom. The zero-order chi connectivity index (χ0) is 21.9. The summed E-state index contributed by atoms with van der Waals surface area (Å²) in [6.45, 7) is 1.66. The molecule has 1 aromatic heterocycles. The summed E-state index contributed by atoms with van der Waals surface area (Å²) in [7, 11) is 0. The average molecular weight is 439 g/mol. The highest BCUT2D eigenvalue weighted by atomic mass is 16.7. The lowest BCUT2D eigenvalue weighted by Gasteiger charge is -2.34. The van der Waals surface area contributed by atoms with Gasteiger partial charge in [-0.3, -0.25) is 9.59 Å². The number of anilines is 1. The zero-order valence-electron chi connectivity index (χ0n) is 18.3. The minimum absolute atomic E-state index is 0.163. The van der Waals surface area contributed by atoms with Crippen molar-refractivity contribution < 1.29 is 19.1 Å². The number of carbonyl (C=O) groups excluding carboxylic acids is 2. The number of amides is 2. The first-order valence-corrected chi connectivity index (χ1v) is 11.7. The fraction of sp³-hybridized carbons (Fsp3) is 0.542. The van der Waals surface area contributed by atoms with Gasteiger partial charge in [0, 0.05) is 31.1 Å². The van der Waals surface area contributed by atoms with E-state index in [1.807, 2.05) is 15.6 Å². The van der Waals surface area contributed by atoms with Crippen LogP contribution in [0.15, 0.2) is 30.5 Å². The first-order valence-electron chi connectivity index (χ1n) is 11.7. The smallest absolute Gasteiger partial charge is 0.256 e. The highest BCUT2D eigenvalue weighted by Crippen LogP contribution is 2.33. The highest BCUT2D eigenvalue weighted by molar-refractivity contribution is 6.04. The molecule has 170 valence electrons. The normalized spacial score (nSPS) is 19.2. The molecule has 3 heterocycles. The maximum absolute atomic E-state index is 12.8. The number of nitrogens with one attached hydrogen (secondary N) is 1. The number of benzene rings is 1. The number of aromatic nitrogens is 2. The molecule has 1 N–H and O–H groups in total. The molecule has 1 saturated carbocycles. The van der Waals surface area contributed by atoms with Crippen LogP contribution in [-0.4, -0.2) is 46.4 Å². The van der Waals surface area contributed by atoms with Crippen LogP contribution in [0.5, 0.6) is 11.5 Å². The fourth-order valence-corrected chi connectivity index (χ4v) is 5.06. The average Bonchev–Trinajstić information content (AvgIpc) is 3.48. The lowest BCUT2D eigenvalue weighted by molar-refractivity contribution is -0.133. The zero-order valence-corrected chi connectivity index (χ0v) is 18.3. The summed E-state index contributed by atoms with van der Waals surface area (Å²) in [6.07, 6.45) is 10.3. The van der Waals surface area contributed by atoms with Crippen LogP contribution >= 0.6 is 0 Å². The molecule has 2 amide bonds. The van der Waals surface area contributed by atoms with Gasteiger partial charge in [-0.1, -0.05) is 19.3 Å². The van der Waals surface area contributed by atoms with Gasteiger partial charge in [0.25, 0.3) is 5.91 Å². The maximum Gasteiger partial charge on any atom is 0.256 e. The molecule has 0 bridgehead atoms. The van der Waals surface area contributed by atoms with Gasteiger partial charge in [0.2, 0.25) is 12.7 Å². The molecule has 0 unspecified atom stereocenters. The van der Waals surface area contributed by atoms with Crippen LogP contribution in [0.4, 0.5) is 5.82 Å². The predicted molar refractivity (Wildman–Crippen MR) is 119 cm³/mol. The van der Waals surface area contributed by atoms with Crippen LogP contribution in [0, 0.1) is 5.92 Å². The molecule has 0 atom stereocenters. The largest absolute Gasteiger partial charge is 0.454 e. The van der Waals surface area contributed by atoms with Crippen LogP contribution in [0.2, 0.25) is 0 Å². The van der Waals surface area contributed by atoms with Crippen molar-refractivity contribution in [2.45, 2.75) is 57.4 Å². The van der Waals surface area contributed by atoms with E-state index in [1.54, 1.807) is 24.4 Å². The molecule has 2 aliphatic heterocycles. The molecule has 0 spiro atoms. The lowest BCUT2D eigenvalue weighted by atomic mass is 9.86. The second-order valence-corrected chi connectivity index (χ2v) is 9.00. The third-order valence-electron chi connectivity index (χ3n) is 6.90. The second-order valence-electron chi connectivity index (χ2n) is 9.00. The SMILES string of the molecule is O=C(Nc1ccnn1C1CCN(C(=O)CC2CCCCC2)CC1)c1ccc2c(c1)OCO2. The van der Waals surface area contributed by atoms with E-state index in [-0.39, 0.29) is 18.7 Å². The van der Waals surface area contributed by atoms with E-state index in [4.69, 9.17) is 9.47 Å². The maximum atomic E-state index is 12.8. The molecule has 1 saturated heterocycles. The molecular formula is C24H30N4O4. The molecule has 5 rings (SSSR count). The van der Waals surface area contributed by atoms with Gasteiger partial charge >= 0.3 is 0 Å². The number of piperidine rings is 1. The molecule has 2 aromatic rings. The van der Waals surface area contributed by atoms with Gasteiger partial charge in [-0.2, -0.15) is 5.10 Å². The number of hydrogen-bond acceptors (Lipinski definition) is 5. The van der Waals surface area contributed by atoms with E-state index >= 15 is 0 Å². The molecule has 32 heavy (non-hydrogen) atoms. The van der Waals surface area contributed by atoms with E-state index in [1.165, 1.54) is 32.1 Å². The first kappa shape index (κ1) is 20.8. The van der Waals surface area contributed by atoms with Crippen molar-refractivity contribution >= 4 is 17.6 Å². The Kier molecular flexibility index (Phi) is 6.01. The van der Waals surface area contributed by atoms with Crippen molar-refractivity contribution in [2.75, 3.05) is 25.2 Å². The van der Waals surface area contributed by atoms with Crippen molar-refractivity contribution in [3.63, 3.8) is 0 Å². The number of fused-ring (bicyclic) bond motifs is 1. The Balaban J connectivity index is 1.17. The minimum atomic E-state index is -0.217. The Hall–Kier alpha value is -3.03. The number of ether oxygens (including phenoxy) is 2. The third kappa shape index (κ3) is 4.45. The monoisotopic (exact) mass is 438 g/mol. The standard InChI is InChI=1S/C24H30N4O4/c29-23(14-17-4-2-1-3-5-17)27-12-9-19(10-13-27)28-22(8-11-25-28)26-24(30)18-6-7-20-21(15-18)32-16-31-20/h6-8,11,15,17,19H,1-5,9-10,12-14,16H2,(H,26,30). The van der Waals surface area contributed by atoms with E-state index in [2.05, 4.69) is 10.4 Å². The van der Waals surface area contributed by atoms with Gasteiger partial charge < -0.3 is 19.7 Å². The molecule has 1 aliphatic carbocycles. The summed E-state index contributed by atoms with van der Waals surface area (Å²) in [5.41, 5.74) is 0.505. The van der Waals surface area contributed by atoms with Crippen molar-refractivity contribution in [1.29, 1.82) is 0 Å². The summed E-state index contributed by atoms with van der Waals surface area (Å²) in [6, 6.07) is 7.13. The molecule has 8 nitrogen and oxygen atoms in total. The quantitative estimate of drug-likeness (QED) is 0.763. The number of hydrogen-bond donors (Lipinski definition) is 1. The van der Waals surface area contributed by atoms with Gasteiger partial charge in [0.05, 0.1) is 12.2 Å². The Morgan fingerprint density at radius 1 is 1.00 bits per heavy atom. The third-order valence-corrected chi connectivity index (χ3v) is 6.90. The number of carbonyl (C=O) groups is 2. The summed E-state index contributed by atoms with van der Waals surface area (Å²) in [4.78, 5) is 27.5. The van der Waals surface area contributed by atoms with E-state index < -0.39 is 0 Å².